The minimum atomic E-state index is -2.92. The zero-order chi connectivity index (χ0) is 20.5. The van der Waals surface area contributed by atoms with E-state index in [0.29, 0.717) is 23.7 Å². The van der Waals surface area contributed by atoms with Gasteiger partial charge in [-0.3, -0.25) is 0 Å². The van der Waals surface area contributed by atoms with E-state index in [9.17, 15) is 0 Å². The summed E-state index contributed by atoms with van der Waals surface area (Å²) in [6, 6.07) is 16.3. The lowest BCUT2D eigenvalue weighted by Crippen LogP contribution is -2.29. The molecule has 1 unspecified atom stereocenters. The van der Waals surface area contributed by atoms with E-state index >= 15 is 8.78 Å². The molecule has 0 bridgehead atoms. The first-order valence-corrected chi connectivity index (χ1v) is 10.8. The topological polar surface area (TPSA) is 18.5 Å². The predicted molar refractivity (Wildman–Crippen MR) is 112 cm³/mol. The molecule has 3 rings (SSSR count). The molecule has 0 spiro atoms. The summed E-state index contributed by atoms with van der Waals surface area (Å²) in [5.41, 5.74) is 1.38. The summed E-state index contributed by atoms with van der Waals surface area (Å²) < 4.78 is 41.5. The molecule has 1 aliphatic rings. The third-order valence-electron chi connectivity index (χ3n) is 5.91. The van der Waals surface area contributed by atoms with Gasteiger partial charge in [0.15, 0.2) is 0 Å². The fraction of sp³-hybridized carbons (Fsp3) is 0.520. The molecule has 0 aliphatic heterocycles. The van der Waals surface area contributed by atoms with E-state index in [4.69, 9.17) is 9.47 Å². The minimum absolute atomic E-state index is 0.144. The molecule has 1 fully saturated rings. The summed E-state index contributed by atoms with van der Waals surface area (Å²) in [6.45, 7) is 0.162. The Morgan fingerprint density at radius 3 is 2.31 bits per heavy atom. The van der Waals surface area contributed by atoms with Gasteiger partial charge < -0.3 is 9.47 Å². The van der Waals surface area contributed by atoms with E-state index in [2.05, 4.69) is 0 Å². The van der Waals surface area contributed by atoms with E-state index in [1.807, 2.05) is 30.3 Å². The van der Waals surface area contributed by atoms with Crippen molar-refractivity contribution < 1.29 is 18.3 Å². The fourth-order valence-electron chi connectivity index (χ4n) is 4.23. The molecular formula is C25H32F2O2. The van der Waals surface area contributed by atoms with Crippen molar-refractivity contribution in [2.24, 2.45) is 5.92 Å². The molecule has 2 aromatic carbocycles. The van der Waals surface area contributed by atoms with Crippen molar-refractivity contribution >= 4 is 0 Å². The summed E-state index contributed by atoms with van der Waals surface area (Å²) in [5.74, 6) is -1.65. The molecule has 0 amide bonds. The number of ether oxygens (including phenoxy) is 2. The van der Waals surface area contributed by atoms with Crippen molar-refractivity contribution in [3.8, 4) is 5.75 Å². The molecule has 2 aromatic rings. The summed E-state index contributed by atoms with van der Waals surface area (Å²) in [7, 11) is 1.57. The van der Waals surface area contributed by atoms with Crippen molar-refractivity contribution in [2.75, 3.05) is 7.11 Å². The summed E-state index contributed by atoms with van der Waals surface area (Å²) in [4.78, 5) is 0. The zero-order valence-corrected chi connectivity index (χ0v) is 17.3. The Bertz CT molecular complexity index is 709. The normalized spacial score (nSPS) is 16.5. The highest BCUT2D eigenvalue weighted by Crippen LogP contribution is 2.40. The molecule has 0 N–H and O–H groups in total. The highest BCUT2D eigenvalue weighted by atomic mass is 19.3. The molecule has 4 heteroatoms. The van der Waals surface area contributed by atoms with Gasteiger partial charge in [0.1, 0.15) is 11.9 Å². The number of halogens is 2. The number of rotatable bonds is 10. The van der Waals surface area contributed by atoms with Gasteiger partial charge in [-0.05, 0) is 35.6 Å². The highest BCUT2D eigenvalue weighted by molar-refractivity contribution is 5.29. The van der Waals surface area contributed by atoms with Crippen LogP contribution in [0.2, 0.25) is 0 Å². The van der Waals surface area contributed by atoms with Crippen LogP contribution in [0.4, 0.5) is 8.78 Å². The SMILES string of the molecule is COc1ccc(C(OCc2ccccc2)C(F)(F)CCCC2CCCCC2)cc1. The molecule has 0 saturated heterocycles. The monoisotopic (exact) mass is 402 g/mol. The molecular weight excluding hydrogens is 370 g/mol. The molecule has 1 aliphatic carbocycles. The third kappa shape index (κ3) is 6.53. The largest absolute Gasteiger partial charge is 0.497 e. The Hall–Kier alpha value is -1.94. The second-order valence-corrected chi connectivity index (χ2v) is 8.11. The summed E-state index contributed by atoms with van der Waals surface area (Å²) >= 11 is 0. The van der Waals surface area contributed by atoms with Crippen LogP contribution >= 0.6 is 0 Å². The van der Waals surface area contributed by atoms with Gasteiger partial charge in [0.05, 0.1) is 13.7 Å². The van der Waals surface area contributed by atoms with Crippen molar-refractivity contribution in [1.29, 1.82) is 0 Å². The lowest BCUT2D eigenvalue weighted by Gasteiger charge is -2.29. The Morgan fingerprint density at radius 2 is 1.66 bits per heavy atom. The summed E-state index contributed by atoms with van der Waals surface area (Å²) in [5, 5.41) is 0. The Labute approximate surface area is 173 Å². The van der Waals surface area contributed by atoms with Crippen LogP contribution < -0.4 is 4.74 Å². The first kappa shape index (κ1) is 21.8. The van der Waals surface area contributed by atoms with Crippen LogP contribution in [0.1, 0.15) is 68.6 Å². The average molecular weight is 403 g/mol. The number of alkyl halides is 2. The standard InChI is InChI=1S/C25H32F2O2/c1-28-23-16-14-22(15-17-23)24(29-19-21-11-6-3-7-12-21)25(26,27)18-8-13-20-9-4-2-5-10-20/h3,6-7,11-12,14-17,20,24H,2,4-5,8-10,13,18-19H2,1H3. The van der Waals surface area contributed by atoms with Gasteiger partial charge in [0.25, 0.3) is 5.92 Å². The maximum Gasteiger partial charge on any atom is 0.277 e. The molecule has 2 nitrogen and oxygen atoms in total. The van der Waals surface area contributed by atoms with Gasteiger partial charge in [-0.2, -0.15) is 0 Å². The maximum atomic E-state index is 15.3. The fourth-order valence-corrected chi connectivity index (χ4v) is 4.23. The Morgan fingerprint density at radius 1 is 0.966 bits per heavy atom. The predicted octanol–water partition coefficient (Wildman–Crippen LogP) is 7.34. The lowest BCUT2D eigenvalue weighted by molar-refractivity contribution is -0.151. The van der Waals surface area contributed by atoms with E-state index in [0.717, 1.165) is 12.0 Å². The summed E-state index contributed by atoms with van der Waals surface area (Å²) in [6.07, 6.45) is 6.19. The van der Waals surface area contributed by atoms with Crippen LogP contribution in [0.25, 0.3) is 0 Å². The molecule has 158 valence electrons. The van der Waals surface area contributed by atoms with E-state index < -0.39 is 12.0 Å². The van der Waals surface area contributed by atoms with Gasteiger partial charge in [-0.25, -0.2) is 8.78 Å². The Balaban J connectivity index is 1.67. The second-order valence-electron chi connectivity index (χ2n) is 8.11. The molecule has 0 aromatic heterocycles. The van der Waals surface area contributed by atoms with Crippen molar-refractivity contribution in [3.05, 3.63) is 65.7 Å². The molecule has 1 saturated carbocycles. The second kappa shape index (κ2) is 10.7. The van der Waals surface area contributed by atoms with Gasteiger partial charge in [-0.1, -0.05) is 81.0 Å². The highest BCUT2D eigenvalue weighted by Gasteiger charge is 2.41. The van der Waals surface area contributed by atoms with Gasteiger partial charge in [-0.15, -0.1) is 0 Å². The number of benzene rings is 2. The van der Waals surface area contributed by atoms with Gasteiger partial charge >= 0.3 is 0 Å². The first-order chi connectivity index (χ1) is 14.1. The Kier molecular flexibility index (Phi) is 8.05. The van der Waals surface area contributed by atoms with Crippen LogP contribution in [0.3, 0.4) is 0 Å². The van der Waals surface area contributed by atoms with E-state index in [1.165, 1.54) is 32.1 Å². The van der Waals surface area contributed by atoms with Gasteiger partial charge in [0.2, 0.25) is 0 Å². The van der Waals surface area contributed by atoms with Crippen molar-refractivity contribution in [3.63, 3.8) is 0 Å². The number of hydrogen-bond acceptors (Lipinski definition) is 2. The molecule has 1 atom stereocenters. The number of methoxy groups -OCH3 is 1. The zero-order valence-electron chi connectivity index (χ0n) is 17.3. The van der Waals surface area contributed by atoms with E-state index in [1.54, 1.807) is 31.4 Å². The van der Waals surface area contributed by atoms with Crippen LogP contribution in [-0.4, -0.2) is 13.0 Å². The quantitative estimate of drug-likeness (QED) is 0.414. The van der Waals surface area contributed by atoms with Crippen LogP contribution in [0.5, 0.6) is 5.75 Å². The van der Waals surface area contributed by atoms with E-state index in [-0.39, 0.29) is 13.0 Å². The first-order valence-electron chi connectivity index (χ1n) is 10.8. The smallest absolute Gasteiger partial charge is 0.277 e. The third-order valence-corrected chi connectivity index (χ3v) is 5.91. The maximum absolute atomic E-state index is 15.3. The number of hydrogen-bond donors (Lipinski definition) is 0. The van der Waals surface area contributed by atoms with Crippen LogP contribution in [-0.2, 0) is 11.3 Å². The minimum Gasteiger partial charge on any atom is -0.497 e. The van der Waals surface area contributed by atoms with Crippen LogP contribution in [0, 0.1) is 5.92 Å². The van der Waals surface area contributed by atoms with Crippen molar-refractivity contribution in [1.82, 2.24) is 0 Å². The lowest BCUT2D eigenvalue weighted by atomic mass is 9.85. The molecule has 0 radical (unpaired) electrons. The van der Waals surface area contributed by atoms with Gasteiger partial charge in [0, 0.05) is 6.42 Å². The molecule has 0 heterocycles. The molecule has 29 heavy (non-hydrogen) atoms. The van der Waals surface area contributed by atoms with Crippen molar-refractivity contribution in [2.45, 2.75) is 70.0 Å². The average Bonchev–Trinajstić information content (AvgIpc) is 2.75. The van der Waals surface area contributed by atoms with Crippen LogP contribution in [0.15, 0.2) is 54.6 Å².